The molecule has 1 N–H and O–H groups in total. The predicted octanol–water partition coefficient (Wildman–Crippen LogP) is 4.93. The van der Waals surface area contributed by atoms with Crippen LogP contribution >= 0.6 is 11.8 Å². The Labute approximate surface area is 171 Å². The first-order valence-corrected chi connectivity index (χ1v) is 10.7. The Morgan fingerprint density at radius 3 is 2.36 bits per heavy atom. The van der Waals surface area contributed by atoms with Crippen molar-refractivity contribution >= 4 is 34.2 Å². The molecule has 0 saturated carbocycles. The third-order valence-corrected chi connectivity index (χ3v) is 5.58. The molecule has 0 atom stereocenters. The molecule has 0 radical (unpaired) electrons. The van der Waals surface area contributed by atoms with Gasteiger partial charge in [0.15, 0.2) is 5.17 Å². The number of amides is 1. The molecule has 5 nitrogen and oxygen atoms in total. The molecule has 3 rings (SSSR count). The number of amidine groups is 1. The predicted molar refractivity (Wildman–Crippen MR) is 118 cm³/mol. The first-order valence-electron chi connectivity index (χ1n) is 9.70. The molecule has 0 aromatic heterocycles. The van der Waals surface area contributed by atoms with Gasteiger partial charge in [0.25, 0.3) is 0 Å². The number of nitrogens with one attached hydrogen (secondary N) is 1. The van der Waals surface area contributed by atoms with Crippen molar-refractivity contribution in [1.82, 2.24) is 4.90 Å². The summed E-state index contributed by atoms with van der Waals surface area (Å²) in [6.07, 6.45) is 4.87. The number of anilines is 1. The highest BCUT2D eigenvalue weighted by Gasteiger charge is 2.16. The fraction of sp³-hybridized carbons (Fsp3) is 0.364. The highest BCUT2D eigenvalue weighted by Crippen LogP contribution is 2.21. The molecule has 1 fully saturated rings. The Kier molecular flexibility index (Phi) is 7.79. The maximum Gasteiger partial charge on any atom is 0.234 e. The number of benzene rings is 2. The number of hydrogen-bond acceptors (Lipinski definition) is 4. The van der Waals surface area contributed by atoms with Crippen LogP contribution in [-0.2, 0) is 4.79 Å². The molecule has 28 heavy (non-hydrogen) atoms. The quantitative estimate of drug-likeness (QED) is 0.574. The molecule has 1 saturated heterocycles. The van der Waals surface area contributed by atoms with Crippen LogP contribution in [0.15, 0.2) is 59.6 Å². The lowest BCUT2D eigenvalue weighted by Gasteiger charge is -2.23. The number of carbonyl (C=O) groups excluding carboxylic acids is 1. The van der Waals surface area contributed by atoms with Crippen molar-refractivity contribution in [1.29, 1.82) is 0 Å². The summed E-state index contributed by atoms with van der Waals surface area (Å²) in [5.74, 6) is 1.06. The Morgan fingerprint density at radius 1 is 1.04 bits per heavy atom. The summed E-state index contributed by atoms with van der Waals surface area (Å²) in [4.78, 5) is 19.6. The van der Waals surface area contributed by atoms with Crippen LogP contribution in [0.5, 0.6) is 5.75 Å². The Hall–Kier alpha value is -2.47. The standard InChI is InChI=1S/C22H27N3O2S/c1-27-20-13-11-19(12-14-20)23-21(26)17-28-22(24-18-9-5-4-6-10-18)25-15-7-2-3-8-16-25/h4-6,9-14H,2-3,7-8,15-17H2,1H3,(H,23,26). The summed E-state index contributed by atoms with van der Waals surface area (Å²) in [6, 6.07) is 17.3. The normalized spacial score (nSPS) is 15.0. The van der Waals surface area contributed by atoms with E-state index in [2.05, 4.69) is 10.2 Å². The largest absolute Gasteiger partial charge is 0.497 e. The number of rotatable bonds is 5. The molecular formula is C22H27N3O2S. The van der Waals surface area contributed by atoms with Gasteiger partial charge in [-0.1, -0.05) is 42.8 Å². The van der Waals surface area contributed by atoms with Crippen molar-refractivity contribution in [2.45, 2.75) is 25.7 Å². The highest BCUT2D eigenvalue weighted by molar-refractivity contribution is 8.14. The molecule has 1 heterocycles. The van der Waals surface area contributed by atoms with Gasteiger partial charge in [-0.15, -0.1) is 0 Å². The molecule has 2 aromatic carbocycles. The number of para-hydroxylation sites is 1. The van der Waals surface area contributed by atoms with Gasteiger partial charge >= 0.3 is 0 Å². The zero-order valence-corrected chi connectivity index (χ0v) is 17.1. The number of hydrogen-bond donors (Lipinski definition) is 1. The van der Waals surface area contributed by atoms with Crippen LogP contribution in [-0.4, -0.2) is 41.9 Å². The Balaban J connectivity index is 1.64. The molecule has 148 valence electrons. The van der Waals surface area contributed by atoms with Crippen LogP contribution in [0.25, 0.3) is 0 Å². The second-order valence-corrected chi connectivity index (χ2v) is 7.64. The minimum atomic E-state index is -0.0363. The number of likely N-dealkylation sites (tertiary alicyclic amines) is 1. The average Bonchev–Trinajstić information content (AvgIpc) is 3.02. The molecule has 6 heteroatoms. The van der Waals surface area contributed by atoms with E-state index in [0.29, 0.717) is 5.75 Å². The van der Waals surface area contributed by atoms with Crippen molar-refractivity contribution in [3.05, 3.63) is 54.6 Å². The van der Waals surface area contributed by atoms with Crippen molar-refractivity contribution in [3.63, 3.8) is 0 Å². The van der Waals surface area contributed by atoms with E-state index in [-0.39, 0.29) is 5.91 Å². The third kappa shape index (κ3) is 6.30. The van der Waals surface area contributed by atoms with Gasteiger partial charge in [0.1, 0.15) is 5.75 Å². The number of ether oxygens (including phenoxy) is 1. The maximum atomic E-state index is 12.4. The molecule has 1 amide bonds. The second kappa shape index (κ2) is 10.8. The number of nitrogens with zero attached hydrogens (tertiary/aromatic N) is 2. The fourth-order valence-corrected chi connectivity index (χ4v) is 3.94. The lowest BCUT2D eigenvalue weighted by Crippen LogP contribution is -2.31. The fourth-order valence-electron chi connectivity index (χ4n) is 3.07. The van der Waals surface area contributed by atoms with E-state index < -0.39 is 0 Å². The molecule has 2 aromatic rings. The van der Waals surface area contributed by atoms with Gasteiger partial charge in [-0.3, -0.25) is 4.79 Å². The summed E-state index contributed by atoms with van der Waals surface area (Å²) < 4.78 is 5.15. The smallest absolute Gasteiger partial charge is 0.234 e. The van der Waals surface area contributed by atoms with Crippen molar-refractivity contribution in [2.24, 2.45) is 4.99 Å². The molecule has 0 aliphatic carbocycles. The van der Waals surface area contributed by atoms with Crippen molar-refractivity contribution in [2.75, 3.05) is 31.3 Å². The van der Waals surface area contributed by atoms with Crippen LogP contribution in [0.3, 0.4) is 0 Å². The van der Waals surface area contributed by atoms with E-state index in [1.807, 2.05) is 54.6 Å². The van der Waals surface area contributed by atoms with Gasteiger partial charge in [0, 0.05) is 18.8 Å². The van der Waals surface area contributed by atoms with Crippen molar-refractivity contribution < 1.29 is 9.53 Å². The third-order valence-electron chi connectivity index (χ3n) is 4.56. The van der Waals surface area contributed by atoms with Gasteiger partial charge in [0.2, 0.25) is 5.91 Å². The van der Waals surface area contributed by atoms with E-state index in [1.54, 1.807) is 7.11 Å². The summed E-state index contributed by atoms with van der Waals surface area (Å²) in [7, 11) is 1.63. The topological polar surface area (TPSA) is 53.9 Å². The van der Waals surface area contributed by atoms with Gasteiger partial charge in [-0.2, -0.15) is 0 Å². The SMILES string of the molecule is COc1ccc(NC(=O)CSC(=Nc2ccccc2)N2CCCCCC2)cc1. The van der Waals surface area contributed by atoms with Crippen LogP contribution in [0.1, 0.15) is 25.7 Å². The molecule has 1 aliphatic rings. The zero-order valence-electron chi connectivity index (χ0n) is 16.3. The van der Waals surface area contributed by atoms with E-state index in [1.165, 1.54) is 37.4 Å². The first kappa shape index (κ1) is 20.3. The van der Waals surface area contributed by atoms with E-state index >= 15 is 0 Å². The molecule has 1 aliphatic heterocycles. The monoisotopic (exact) mass is 397 g/mol. The van der Waals surface area contributed by atoms with E-state index in [4.69, 9.17) is 9.73 Å². The molecule has 0 spiro atoms. The Bertz CT molecular complexity index is 770. The van der Waals surface area contributed by atoms with Crippen LogP contribution in [0.4, 0.5) is 11.4 Å². The van der Waals surface area contributed by atoms with Gasteiger partial charge < -0.3 is 15.0 Å². The molecular weight excluding hydrogens is 370 g/mol. The van der Waals surface area contributed by atoms with E-state index in [0.717, 1.165) is 35.4 Å². The lowest BCUT2D eigenvalue weighted by atomic mass is 10.2. The van der Waals surface area contributed by atoms with Crippen LogP contribution in [0, 0.1) is 0 Å². The minimum Gasteiger partial charge on any atom is -0.497 e. The molecule has 0 bridgehead atoms. The first-order chi connectivity index (χ1) is 13.7. The summed E-state index contributed by atoms with van der Waals surface area (Å²) in [6.45, 7) is 2.00. The minimum absolute atomic E-state index is 0.0363. The summed E-state index contributed by atoms with van der Waals surface area (Å²) in [5, 5.41) is 3.87. The highest BCUT2D eigenvalue weighted by atomic mass is 32.2. The van der Waals surface area contributed by atoms with Gasteiger partial charge in [-0.25, -0.2) is 4.99 Å². The summed E-state index contributed by atoms with van der Waals surface area (Å²) in [5.41, 5.74) is 1.69. The van der Waals surface area contributed by atoms with Crippen molar-refractivity contribution in [3.8, 4) is 5.75 Å². The second-order valence-electron chi connectivity index (χ2n) is 6.70. The number of carbonyl (C=O) groups is 1. The van der Waals surface area contributed by atoms with Crippen LogP contribution < -0.4 is 10.1 Å². The van der Waals surface area contributed by atoms with Gasteiger partial charge in [-0.05, 0) is 49.2 Å². The summed E-state index contributed by atoms with van der Waals surface area (Å²) >= 11 is 1.51. The van der Waals surface area contributed by atoms with E-state index in [9.17, 15) is 4.79 Å². The maximum absolute atomic E-state index is 12.4. The Morgan fingerprint density at radius 2 is 1.71 bits per heavy atom. The lowest BCUT2D eigenvalue weighted by molar-refractivity contribution is -0.113. The van der Waals surface area contributed by atoms with Crippen LogP contribution in [0.2, 0.25) is 0 Å². The number of aliphatic imine (C=N–C) groups is 1. The number of methoxy groups -OCH3 is 1. The zero-order chi connectivity index (χ0) is 19.6. The van der Waals surface area contributed by atoms with Gasteiger partial charge in [0.05, 0.1) is 18.6 Å². The average molecular weight is 398 g/mol. The molecule has 0 unspecified atom stereocenters. The number of thioether (sulfide) groups is 1.